The zero-order valence-corrected chi connectivity index (χ0v) is 20.0. The number of rotatable bonds is 14. The SMILES string of the molecule is COc1cccc(CCC(C)C(Cc2cccc(OC)c2)C(O)[C@@H](O)[C@@H](O)[C@H](O)[C@@H](O)CO)c1. The molecule has 0 fully saturated rings. The van der Waals surface area contributed by atoms with Gasteiger partial charge in [0.05, 0.1) is 26.9 Å². The lowest BCUT2D eigenvalue weighted by molar-refractivity contribution is -0.152. The van der Waals surface area contributed by atoms with Crippen molar-refractivity contribution in [1.29, 1.82) is 0 Å². The zero-order valence-electron chi connectivity index (χ0n) is 20.0. The minimum Gasteiger partial charge on any atom is -0.497 e. The molecule has 8 nitrogen and oxygen atoms in total. The molecule has 0 heterocycles. The molecule has 3 unspecified atom stereocenters. The molecular weight excluding hydrogens is 440 g/mol. The van der Waals surface area contributed by atoms with Gasteiger partial charge in [-0.3, -0.25) is 0 Å². The minimum absolute atomic E-state index is 0.0887. The molecule has 0 aliphatic rings. The van der Waals surface area contributed by atoms with E-state index in [1.54, 1.807) is 14.2 Å². The van der Waals surface area contributed by atoms with Crippen LogP contribution < -0.4 is 9.47 Å². The van der Waals surface area contributed by atoms with E-state index in [4.69, 9.17) is 14.6 Å². The summed E-state index contributed by atoms with van der Waals surface area (Å²) in [6.07, 6.45) is -6.63. The Bertz CT molecular complexity index is 860. The van der Waals surface area contributed by atoms with Gasteiger partial charge in [-0.1, -0.05) is 31.2 Å². The van der Waals surface area contributed by atoms with E-state index >= 15 is 0 Å². The largest absolute Gasteiger partial charge is 0.497 e. The van der Waals surface area contributed by atoms with Crippen molar-refractivity contribution >= 4 is 0 Å². The number of ether oxygens (including phenoxy) is 2. The van der Waals surface area contributed by atoms with Gasteiger partial charge in [0.1, 0.15) is 35.9 Å². The summed E-state index contributed by atoms with van der Waals surface area (Å²) in [6.45, 7) is 1.18. The Labute approximate surface area is 201 Å². The van der Waals surface area contributed by atoms with Crippen molar-refractivity contribution in [3.63, 3.8) is 0 Å². The fourth-order valence-electron chi connectivity index (χ4n) is 4.16. The smallest absolute Gasteiger partial charge is 0.119 e. The average Bonchev–Trinajstić information content (AvgIpc) is 2.88. The van der Waals surface area contributed by atoms with E-state index < -0.39 is 43.0 Å². The monoisotopic (exact) mass is 478 g/mol. The van der Waals surface area contributed by atoms with E-state index in [2.05, 4.69) is 0 Å². The molecule has 2 rings (SSSR count). The quantitative estimate of drug-likeness (QED) is 0.236. The molecule has 0 aromatic heterocycles. The molecule has 0 saturated carbocycles. The molecule has 2 aromatic carbocycles. The standard InChI is InChI=1S/C26H38O8/c1-16(10-11-17-6-4-8-19(12-17)33-2)21(14-18-7-5-9-20(13-18)34-3)23(29)25(31)26(32)24(30)22(28)15-27/h4-9,12-13,16,21-32H,10-11,14-15H2,1-3H3/t16?,21?,22-,23?,24+,25+,26-/m0/s1. The van der Waals surface area contributed by atoms with Crippen molar-refractivity contribution in [3.8, 4) is 11.5 Å². The number of aliphatic hydroxyl groups is 6. The van der Waals surface area contributed by atoms with Gasteiger partial charge in [0, 0.05) is 0 Å². The maximum absolute atomic E-state index is 11.1. The third-order valence-electron chi connectivity index (χ3n) is 6.43. The summed E-state index contributed by atoms with van der Waals surface area (Å²) in [7, 11) is 3.17. The third kappa shape index (κ3) is 7.66. The highest BCUT2D eigenvalue weighted by molar-refractivity contribution is 5.29. The minimum atomic E-state index is -1.84. The molecule has 8 heteroatoms. The molecule has 0 aliphatic carbocycles. The third-order valence-corrected chi connectivity index (χ3v) is 6.43. The second kappa shape index (κ2) is 13.6. The molecule has 0 aliphatic heterocycles. The number of hydrogen-bond donors (Lipinski definition) is 6. The number of methoxy groups -OCH3 is 2. The maximum atomic E-state index is 11.1. The molecule has 34 heavy (non-hydrogen) atoms. The Balaban J connectivity index is 2.22. The topological polar surface area (TPSA) is 140 Å². The lowest BCUT2D eigenvalue weighted by Gasteiger charge is -2.35. The summed E-state index contributed by atoms with van der Waals surface area (Å²) in [5, 5.41) is 60.8. The highest BCUT2D eigenvalue weighted by Gasteiger charge is 2.39. The molecular formula is C26H38O8. The molecule has 0 amide bonds. The lowest BCUT2D eigenvalue weighted by atomic mass is 9.77. The number of aryl methyl sites for hydroxylation is 1. The summed E-state index contributed by atoms with van der Waals surface area (Å²) in [6, 6.07) is 15.1. The second-order valence-electron chi connectivity index (χ2n) is 8.80. The van der Waals surface area contributed by atoms with Crippen LogP contribution in [0.1, 0.15) is 24.5 Å². The van der Waals surface area contributed by atoms with Crippen LogP contribution in [-0.4, -0.2) is 82.0 Å². The number of aliphatic hydroxyl groups excluding tert-OH is 6. The molecule has 0 saturated heterocycles. The van der Waals surface area contributed by atoms with Gasteiger partial charge in [-0.25, -0.2) is 0 Å². The van der Waals surface area contributed by atoms with Crippen LogP contribution in [0, 0.1) is 11.8 Å². The van der Waals surface area contributed by atoms with Gasteiger partial charge in [0.25, 0.3) is 0 Å². The Kier molecular flexibility index (Phi) is 11.2. The van der Waals surface area contributed by atoms with Gasteiger partial charge in [-0.2, -0.15) is 0 Å². The second-order valence-corrected chi connectivity index (χ2v) is 8.80. The normalized spacial score (nSPS) is 17.8. The van der Waals surface area contributed by atoms with Crippen LogP contribution in [0.15, 0.2) is 48.5 Å². The Morgan fingerprint density at radius 3 is 1.82 bits per heavy atom. The van der Waals surface area contributed by atoms with Crippen molar-refractivity contribution in [2.75, 3.05) is 20.8 Å². The maximum Gasteiger partial charge on any atom is 0.119 e. The Hall–Kier alpha value is -2.20. The van der Waals surface area contributed by atoms with Crippen molar-refractivity contribution in [2.24, 2.45) is 11.8 Å². The molecule has 0 spiro atoms. The van der Waals surface area contributed by atoms with E-state index in [0.717, 1.165) is 16.9 Å². The molecule has 0 bridgehead atoms. The van der Waals surface area contributed by atoms with Gasteiger partial charge in [-0.05, 0) is 66.5 Å². The molecule has 6 N–H and O–H groups in total. The Morgan fingerprint density at radius 2 is 1.26 bits per heavy atom. The Morgan fingerprint density at radius 1 is 0.735 bits per heavy atom. The van der Waals surface area contributed by atoms with Crippen LogP contribution in [-0.2, 0) is 12.8 Å². The van der Waals surface area contributed by atoms with Gasteiger partial charge in [-0.15, -0.1) is 0 Å². The van der Waals surface area contributed by atoms with Crippen LogP contribution in [0.4, 0.5) is 0 Å². The first-order valence-electron chi connectivity index (χ1n) is 11.5. The first kappa shape index (κ1) is 28.0. The van der Waals surface area contributed by atoms with Crippen molar-refractivity contribution in [2.45, 2.75) is 56.7 Å². The van der Waals surface area contributed by atoms with E-state index in [0.29, 0.717) is 25.0 Å². The molecule has 190 valence electrons. The number of benzene rings is 2. The van der Waals surface area contributed by atoms with Crippen molar-refractivity contribution in [3.05, 3.63) is 59.7 Å². The van der Waals surface area contributed by atoms with Gasteiger partial charge >= 0.3 is 0 Å². The summed E-state index contributed by atoms with van der Waals surface area (Å²) >= 11 is 0. The van der Waals surface area contributed by atoms with Gasteiger partial charge < -0.3 is 40.1 Å². The van der Waals surface area contributed by atoms with Crippen LogP contribution in [0.3, 0.4) is 0 Å². The fraction of sp³-hybridized carbons (Fsp3) is 0.538. The average molecular weight is 479 g/mol. The highest BCUT2D eigenvalue weighted by atomic mass is 16.5. The summed E-state index contributed by atoms with van der Waals surface area (Å²) < 4.78 is 10.6. The van der Waals surface area contributed by atoms with E-state index in [1.165, 1.54) is 0 Å². The zero-order chi connectivity index (χ0) is 25.3. The summed E-state index contributed by atoms with van der Waals surface area (Å²) in [4.78, 5) is 0. The van der Waals surface area contributed by atoms with Gasteiger partial charge in [0.2, 0.25) is 0 Å². The molecule has 0 radical (unpaired) electrons. The fourth-order valence-corrected chi connectivity index (χ4v) is 4.16. The first-order valence-corrected chi connectivity index (χ1v) is 11.5. The van der Waals surface area contributed by atoms with E-state index in [-0.39, 0.29) is 5.92 Å². The van der Waals surface area contributed by atoms with Gasteiger partial charge in [0.15, 0.2) is 0 Å². The van der Waals surface area contributed by atoms with Crippen molar-refractivity contribution in [1.82, 2.24) is 0 Å². The van der Waals surface area contributed by atoms with E-state index in [1.807, 2.05) is 55.5 Å². The molecule has 7 atom stereocenters. The predicted molar refractivity (Wildman–Crippen MR) is 128 cm³/mol. The number of hydrogen-bond acceptors (Lipinski definition) is 8. The highest BCUT2D eigenvalue weighted by Crippen LogP contribution is 2.30. The first-order chi connectivity index (χ1) is 16.2. The van der Waals surface area contributed by atoms with Crippen LogP contribution in [0.2, 0.25) is 0 Å². The van der Waals surface area contributed by atoms with Crippen LogP contribution >= 0.6 is 0 Å². The lowest BCUT2D eigenvalue weighted by Crippen LogP contribution is -2.52. The van der Waals surface area contributed by atoms with E-state index in [9.17, 15) is 25.5 Å². The van der Waals surface area contributed by atoms with Crippen LogP contribution in [0.25, 0.3) is 0 Å². The summed E-state index contributed by atoms with van der Waals surface area (Å²) in [5.74, 6) is 0.847. The predicted octanol–water partition coefficient (Wildman–Crippen LogP) is 0.928. The molecule has 2 aromatic rings. The summed E-state index contributed by atoms with van der Waals surface area (Å²) in [5.41, 5.74) is 1.96. The van der Waals surface area contributed by atoms with Crippen LogP contribution in [0.5, 0.6) is 11.5 Å². The van der Waals surface area contributed by atoms with Crippen molar-refractivity contribution < 1.29 is 40.1 Å².